The molecule has 0 fully saturated rings. The van der Waals surface area contributed by atoms with Crippen molar-refractivity contribution in [1.82, 2.24) is 0 Å². The molecule has 0 saturated heterocycles. The quantitative estimate of drug-likeness (QED) is 0.172. The van der Waals surface area contributed by atoms with E-state index in [1.54, 1.807) is 14.2 Å². The van der Waals surface area contributed by atoms with Crippen molar-refractivity contribution in [2.45, 2.75) is 119 Å². The van der Waals surface area contributed by atoms with E-state index in [9.17, 15) is 0 Å². The summed E-state index contributed by atoms with van der Waals surface area (Å²) < 4.78 is 50.3. The van der Waals surface area contributed by atoms with Gasteiger partial charge in [0.2, 0.25) is 8.01 Å². The average molecular weight is 1230 g/mol. The minimum absolute atomic E-state index is 0.0355. The van der Waals surface area contributed by atoms with E-state index >= 15 is 0 Å². The highest BCUT2D eigenvalue weighted by Gasteiger charge is 2.29. The second-order valence-electron chi connectivity index (χ2n) is 27.0. The highest BCUT2D eigenvalue weighted by molar-refractivity contribution is 7.45. The first-order chi connectivity index (χ1) is 41.8. The summed E-state index contributed by atoms with van der Waals surface area (Å²) in [7, 11) is -0.442. The molecule has 13 rings (SSSR count). The van der Waals surface area contributed by atoms with Gasteiger partial charge in [0.05, 0.1) is 24.8 Å². The van der Waals surface area contributed by atoms with Crippen molar-refractivity contribution < 1.29 is 34.7 Å². The third-order valence-corrected chi connectivity index (χ3v) is 19.8. The van der Waals surface area contributed by atoms with Crippen LogP contribution in [0.2, 0.25) is 0 Å². The molecule has 0 aliphatic rings. The van der Waals surface area contributed by atoms with Crippen molar-refractivity contribution in [2.24, 2.45) is 6.66 Å². The Hall–Kier alpha value is -7.98. The van der Waals surface area contributed by atoms with Gasteiger partial charge in [0.1, 0.15) is 22.3 Å². The predicted octanol–water partition coefficient (Wildman–Crippen LogP) is 25.5. The van der Waals surface area contributed by atoms with Gasteiger partial charge in [-0.15, -0.1) is 0 Å². The number of hydrogen-bond acceptors (Lipinski definition) is 8. The van der Waals surface area contributed by atoms with Gasteiger partial charge in [-0.25, -0.2) is 0 Å². The normalized spacial score (nSPS) is 12.1. The minimum Gasteiger partial charge on any atom is -0.493 e. The molecule has 0 spiro atoms. The maximum Gasteiger partial charge on any atom is 0.253 e. The summed E-state index contributed by atoms with van der Waals surface area (Å²) in [6, 6.07) is 63.1. The number of benzene rings is 10. The molecule has 0 N–H and O–H groups in total. The summed E-state index contributed by atoms with van der Waals surface area (Å²) in [5.74, 6) is 1.40. The van der Waals surface area contributed by atoms with Gasteiger partial charge in [0.25, 0.3) is 16.0 Å². The molecule has 3 aromatic heterocycles. The first-order valence-corrected chi connectivity index (χ1v) is 34.1. The Morgan fingerprint density at radius 1 is 0.330 bits per heavy atom. The Balaban J connectivity index is 0.000000137. The summed E-state index contributed by atoms with van der Waals surface area (Å²) in [6.45, 7) is 33.5. The van der Waals surface area contributed by atoms with Crippen molar-refractivity contribution in [3.63, 3.8) is 0 Å². The SMILES string of the molecule is COc1cc(C)cc2c1op(-c1ccccc1)oc1c(OC)cc(C)cc12.Cp1oc2c(C(C)(C)C)cc(C(C)(C)C)cc2c2cc(C(C)(C)C)cc(C(C)(C)C)c2o1.c1ccc(-p2oc3ccc4ccccc4c3c3c(ccc4ccccc43)o2)cc1. The molecule has 0 amide bonds. The number of rotatable bonds is 4. The zero-order valence-corrected chi connectivity index (χ0v) is 56.6. The smallest absolute Gasteiger partial charge is 0.253 e. The Morgan fingerprint density at radius 3 is 1.05 bits per heavy atom. The van der Waals surface area contributed by atoms with Gasteiger partial charge < -0.3 is 34.7 Å². The van der Waals surface area contributed by atoms with E-state index in [4.69, 9.17) is 34.7 Å². The molecule has 0 aliphatic heterocycles. The van der Waals surface area contributed by atoms with Crippen LogP contribution in [0, 0.1) is 13.8 Å². The van der Waals surface area contributed by atoms with Gasteiger partial charge in [-0.1, -0.05) is 192 Å². The van der Waals surface area contributed by atoms with E-state index in [1.165, 1.54) is 54.6 Å². The molecule has 3 heterocycles. The highest BCUT2D eigenvalue weighted by Crippen LogP contribution is 2.50. The van der Waals surface area contributed by atoms with Crippen LogP contribution in [0.15, 0.2) is 207 Å². The molecule has 0 radical (unpaired) electrons. The van der Waals surface area contributed by atoms with Crippen molar-refractivity contribution in [2.75, 3.05) is 14.2 Å². The fraction of sp³-hybridized carbons (Fsp3) is 0.273. The molecule has 0 bridgehead atoms. The Kier molecular flexibility index (Phi) is 16.9. The van der Waals surface area contributed by atoms with E-state index in [0.717, 1.165) is 65.6 Å². The Morgan fingerprint density at radius 2 is 0.682 bits per heavy atom. The molecule has 452 valence electrons. The van der Waals surface area contributed by atoms with E-state index in [0.29, 0.717) is 22.7 Å². The summed E-state index contributed by atoms with van der Waals surface area (Å²) in [5, 5.41) is 13.2. The lowest BCUT2D eigenvalue weighted by Crippen LogP contribution is -2.17. The molecule has 13 aromatic rings. The molecule has 8 nitrogen and oxygen atoms in total. The molecule has 11 heteroatoms. The van der Waals surface area contributed by atoms with E-state index in [1.807, 2.05) is 74.5 Å². The van der Waals surface area contributed by atoms with E-state index in [2.05, 4.69) is 211 Å². The van der Waals surface area contributed by atoms with Crippen LogP contribution < -0.4 is 9.47 Å². The summed E-state index contributed by atoms with van der Waals surface area (Å²) in [5.41, 5.74) is 12.5. The Labute approximate surface area is 520 Å². The van der Waals surface area contributed by atoms with Crippen LogP contribution in [0.1, 0.15) is 116 Å². The standard InChI is InChI=1S/C29H43O2P.C26H17O2P.C22H21O4P/c1-26(2,3)18-14-20-21-15-19(27(4,5)6)17-23(29(10,11)12)25(21)31-32(13)30-24(20)22(16-18)28(7,8)9;1-2-10-20(11-3-1)29-27-23-16-14-18-8-4-6-12-21(18)25(23)26-22-13-7-5-9-19(22)15-17-24(26)28-29;1-14-10-17-18-11-15(2)13-20(24-4)22(18)26-27(16-8-6-5-7-9-16)25-21(17)19(12-14)23-3/h14-17H,1-13H3;1-17H;5-13H,1-4H3. The van der Waals surface area contributed by atoms with Gasteiger partial charge in [0, 0.05) is 50.1 Å². The van der Waals surface area contributed by atoms with Crippen LogP contribution in [0.4, 0.5) is 0 Å². The second kappa shape index (κ2) is 24.2. The number of hydrogen-bond donors (Lipinski definition) is 0. The van der Waals surface area contributed by atoms with Gasteiger partial charge in [0.15, 0.2) is 22.7 Å². The van der Waals surface area contributed by atoms with Gasteiger partial charge in [-0.3, -0.25) is 0 Å². The summed E-state index contributed by atoms with van der Waals surface area (Å²) >= 11 is 0. The lowest BCUT2D eigenvalue weighted by atomic mass is 9.77. The van der Waals surface area contributed by atoms with Gasteiger partial charge >= 0.3 is 0 Å². The first-order valence-electron chi connectivity index (χ1n) is 30.1. The van der Waals surface area contributed by atoms with Gasteiger partial charge in [-0.2, -0.15) is 0 Å². The minimum atomic E-state index is -1.39. The zero-order chi connectivity index (χ0) is 62.6. The summed E-state index contributed by atoms with van der Waals surface area (Å²) in [6.07, 6.45) is 0. The molecule has 0 unspecified atom stereocenters. The lowest BCUT2D eigenvalue weighted by Gasteiger charge is -2.27. The van der Waals surface area contributed by atoms with Crippen LogP contribution in [0.25, 0.3) is 98.0 Å². The van der Waals surface area contributed by atoms with Crippen LogP contribution in [-0.4, -0.2) is 14.2 Å². The summed E-state index contributed by atoms with van der Waals surface area (Å²) in [4.78, 5) is 0. The van der Waals surface area contributed by atoms with Crippen molar-refractivity contribution in [1.29, 1.82) is 0 Å². The third kappa shape index (κ3) is 12.6. The molecule has 10 aromatic carbocycles. The van der Waals surface area contributed by atoms with Crippen LogP contribution in [-0.2, 0) is 28.3 Å². The molecule has 0 saturated carbocycles. The number of fused-ring (bicyclic) bond motifs is 13. The second-order valence-corrected chi connectivity index (χ2v) is 31.0. The van der Waals surface area contributed by atoms with Crippen LogP contribution in [0.5, 0.6) is 11.5 Å². The van der Waals surface area contributed by atoms with Gasteiger partial charge in [-0.05, 0) is 152 Å². The topological polar surface area (TPSA) is 97.3 Å². The number of methoxy groups -OCH3 is 2. The van der Waals surface area contributed by atoms with Crippen LogP contribution >= 0.6 is 24.0 Å². The third-order valence-electron chi connectivity index (χ3n) is 16.1. The monoisotopic (exact) mass is 1230 g/mol. The molecular weight excluding hydrogens is 1150 g/mol. The van der Waals surface area contributed by atoms with Crippen molar-refractivity contribution >= 4 is 111 Å². The number of ether oxygens (including phenoxy) is 2. The molecule has 88 heavy (non-hydrogen) atoms. The fourth-order valence-corrected chi connectivity index (χ4v) is 15.0. The average Bonchev–Trinajstić information content (AvgIpc) is 1.59. The largest absolute Gasteiger partial charge is 0.493 e. The molecule has 0 aliphatic carbocycles. The maximum atomic E-state index is 6.60. The van der Waals surface area contributed by atoms with E-state index in [-0.39, 0.29) is 21.7 Å². The van der Waals surface area contributed by atoms with Crippen LogP contribution in [0.3, 0.4) is 0 Å². The zero-order valence-electron chi connectivity index (χ0n) is 53.9. The Bertz CT molecular complexity index is 4630. The van der Waals surface area contributed by atoms with E-state index < -0.39 is 24.0 Å². The molecular formula is C77H81O8P3. The highest BCUT2D eigenvalue weighted by atomic mass is 31.1. The van der Waals surface area contributed by atoms with Crippen molar-refractivity contribution in [3.8, 4) is 22.1 Å². The lowest BCUT2D eigenvalue weighted by molar-refractivity contribution is 0.411. The fourth-order valence-electron chi connectivity index (χ4n) is 11.3. The molecule has 0 atom stereocenters. The van der Waals surface area contributed by atoms with Crippen molar-refractivity contribution in [3.05, 3.63) is 215 Å². The predicted molar refractivity (Wildman–Crippen MR) is 375 cm³/mol. The maximum absolute atomic E-state index is 6.60. The first kappa shape index (κ1) is 61.7. The number of aryl methyl sites for hydroxylation is 3.